The fourth-order valence-electron chi connectivity index (χ4n) is 2.80. The molecular weight excluding hydrogens is 312 g/mol. The van der Waals surface area contributed by atoms with Crippen LogP contribution in [0.15, 0.2) is 60.8 Å². The Labute approximate surface area is 144 Å². The van der Waals surface area contributed by atoms with Gasteiger partial charge in [-0.05, 0) is 37.3 Å². The largest absolute Gasteiger partial charge is 0.353 e. The smallest absolute Gasteiger partial charge is 0.249 e. The maximum Gasteiger partial charge on any atom is 0.249 e. The van der Waals surface area contributed by atoms with Crippen LogP contribution in [0.4, 0.5) is 5.82 Å². The molecule has 3 heterocycles. The molecule has 0 saturated heterocycles. The molecule has 4 aromatic rings. The van der Waals surface area contributed by atoms with Crippen LogP contribution in [0, 0.1) is 6.92 Å². The van der Waals surface area contributed by atoms with Gasteiger partial charge in [0.2, 0.25) is 5.91 Å². The van der Waals surface area contributed by atoms with Crippen molar-refractivity contribution < 1.29 is 4.79 Å². The number of aromatic amines is 1. The van der Waals surface area contributed by atoms with Gasteiger partial charge in [0.05, 0.1) is 17.4 Å². The molecule has 0 aliphatic carbocycles. The van der Waals surface area contributed by atoms with Crippen LogP contribution in [-0.4, -0.2) is 20.9 Å². The maximum absolute atomic E-state index is 12.1. The molecule has 25 heavy (non-hydrogen) atoms. The normalized spacial score (nSPS) is 11.4. The predicted octanol–water partition coefficient (Wildman–Crippen LogP) is 4.07. The van der Waals surface area contributed by atoms with Crippen molar-refractivity contribution in [2.75, 3.05) is 5.32 Å². The number of carbonyl (C=O) groups is 1. The molecule has 122 valence electrons. The van der Waals surface area contributed by atoms with E-state index in [4.69, 9.17) is 0 Å². The monoisotopic (exact) mass is 328 g/mol. The number of nitrogens with zero attached hydrogens (tertiary/aromatic N) is 2. The molecule has 1 amide bonds. The van der Waals surface area contributed by atoms with E-state index in [1.54, 1.807) is 18.3 Å². The minimum atomic E-state index is -0.237. The number of amides is 1. The number of nitrogens with one attached hydrogen (secondary N) is 2. The van der Waals surface area contributed by atoms with Gasteiger partial charge in [0.25, 0.3) is 0 Å². The summed E-state index contributed by atoms with van der Waals surface area (Å²) in [6.07, 6.45) is 4.95. The molecule has 5 heteroatoms. The summed E-state index contributed by atoms with van der Waals surface area (Å²) >= 11 is 0. The number of aromatic nitrogens is 3. The third-order valence-electron chi connectivity index (χ3n) is 3.96. The van der Waals surface area contributed by atoms with Gasteiger partial charge < -0.3 is 10.3 Å². The topological polar surface area (TPSA) is 70.7 Å². The standard InChI is InChI=1S/C20H16N4O/c1-13-5-4-8-19(22-13)24-20(25)10-9-14-11-16-15-6-2-3-7-17(15)23-18(16)12-21-14/h2-12,23H,1H3,(H,22,24,25)/b10-9+. The molecule has 1 aromatic carbocycles. The van der Waals surface area contributed by atoms with Crippen LogP contribution >= 0.6 is 0 Å². The number of rotatable bonds is 3. The van der Waals surface area contributed by atoms with Gasteiger partial charge >= 0.3 is 0 Å². The van der Waals surface area contributed by atoms with Crippen molar-refractivity contribution in [2.45, 2.75) is 6.92 Å². The lowest BCUT2D eigenvalue weighted by Crippen LogP contribution is -2.09. The molecule has 0 atom stereocenters. The van der Waals surface area contributed by atoms with Gasteiger partial charge in [0.1, 0.15) is 5.82 Å². The molecule has 0 unspecified atom stereocenters. The number of aryl methyl sites for hydroxylation is 1. The molecule has 0 bridgehead atoms. The highest BCUT2D eigenvalue weighted by molar-refractivity contribution is 6.07. The van der Waals surface area contributed by atoms with Crippen molar-refractivity contribution in [1.82, 2.24) is 15.0 Å². The van der Waals surface area contributed by atoms with Crippen molar-refractivity contribution in [3.05, 3.63) is 72.2 Å². The Morgan fingerprint density at radius 1 is 1.08 bits per heavy atom. The first-order valence-corrected chi connectivity index (χ1v) is 7.98. The van der Waals surface area contributed by atoms with E-state index in [1.165, 1.54) is 6.08 Å². The summed E-state index contributed by atoms with van der Waals surface area (Å²) in [5.41, 5.74) is 3.63. The SMILES string of the molecule is Cc1cccc(NC(=O)/C=C/c2cc3c(cn2)[nH]c2ccccc23)n1. The van der Waals surface area contributed by atoms with Crippen LogP contribution in [0.5, 0.6) is 0 Å². The zero-order chi connectivity index (χ0) is 17.2. The Kier molecular flexibility index (Phi) is 3.74. The summed E-state index contributed by atoms with van der Waals surface area (Å²) in [6.45, 7) is 1.88. The number of fused-ring (bicyclic) bond motifs is 3. The van der Waals surface area contributed by atoms with E-state index in [9.17, 15) is 4.79 Å². The zero-order valence-corrected chi connectivity index (χ0v) is 13.7. The van der Waals surface area contributed by atoms with E-state index in [1.807, 2.05) is 43.3 Å². The highest BCUT2D eigenvalue weighted by Gasteiger charge is 2.05. The second kappa shape index (κ2) is 6.20. The van der Waals surface area contributed by atoms with Crippen molar-refractivity contribution in [3.63, 3.8) is 0 Å². The molecule has 2 N–H and O–H groups in total. The lowest BCUT2D eigenvalue weighted by atomic mass is 10.1. The predicted molar refractivity (Wildman–Crippen MR) is 100 cm³/mol. The van der Waals surface area contributed by atoms with Gasteiger partial charge in [0, 0.05) is 28.1 Å². The summed E-state index contributed by atoms with van der Waals surface area (Å²) in [7, 11) is 0. The summed E-state index contributed by atoms with van der Waals surface area (Å²) in [5.74, 6) is 0.300. The molecule has 0 saturated carbocycles. The Morgan fingerprint density at radius 2 is 1.96 bits per heavy atom. The number of carbonyl (C=O) groups excluding carboxylic acids is 1. The molecule has 0 radical (unpaired) electrons. The molecule has 3 aromatic heterocycles. The molecular formula is C20H16N4O. The number of benzene rings is 1. The summed E-state index contributed by atoms with van der Waals surface area (Å²) in [5, 5.41) is 4.97. The van der Waals surface area contributed by atoms with E-state index in [2.05, 4.69) is 26.3 Å². The second-order valence-corrected chi connectivity index (χ2v) is 5.81. The van der Waals surface area contributed by atoms with E-state index in [-0.39, 0.29) is 5.91 Å². The van der Waals surface area contributed by atoms with E-state index >= 15 is 0 Å². The second-order valence-electron chi connectivity index (χ2n) is 5.81. The van der Waals surface area contributed by atoms with Gasteiger partial charge in [0.15, 0.2) is 0 Å². The summed E-state index contributed by atoms with van der Waals surface area (Å²) in [4.78, 5) is 24.0. The van der Waals surface area contributed by atoms with Crippen molar-refractivity contribution >= 4 is 39.6 Å². The highest BCUT2D eigenvalue weighted by Crippen LogP contribution is 2.25. The highest BCUT2D eigenvalue weighted by atomic mass is 16.1. The van der Waals surface area contributed by atoms with E-state index < -0.39 is 0 Å². The summed E-state index contributed by atoms with van der Waals surface area (Å²) < 4.78 is 0. The first-order valence-electron chi connectivity index (χ1n) is 7.98. The van der Waals surface area contributed by atoms with Crippen LogP contribution in [-0.2, 0) is 4.79 Å². The lowest BCUT2D eigenvalue weighted by molar-refractivity contribution is -0.111. The first-order chi connectivity index (χ1) is 12.2. The number of anilines is 1. The zero-order valence-electron chi connectivity index (χ0n) is 13.7. The van der Waals surface area contributed by atoms with E-state index in [0.717, 1.165) is 33.2 Å². The van der Waals surface area contributed by atoms with Gasteiger partial charge in [-0.3, -0.25) is 9.78 Å². The third kappa shape index (κ3) is 3.12. The average Bonchev–Trinajstić information content (AvgIpc) is 2.98. The average molecular weight is 328 g/mol. The fourth-order valence-corrected chi connectivity index (χ4v) is 2.80. The van der Waals surface area contributed by atoms with Gasteiger partial charge in [-0.15, -0.1) is 0 Å². The minimum absolute atomic E-state index is 0.237. The number of hydrogen-bond acceptors (Lipinski definition) is 3. The van der Waals surface area contributed by atoms with E-state index in [0.29, 0.717) is 5.82 Å². The quantitative estimate of drug-likeness (QED) is 0.557. The number of hydrogen-bond donors (Lipinski definition) is 2. The van der Waals surface area contributed by atoms with Gasteiger partial charge in [-0.1, -0.05) is 24.3 Å². The molecule has 5 nitrogen and oxygen atoms in total. The van der Waals surface area contributed by atoms with Gasteiger partial charge in [-0.25, -0.2) is 4.98 Å². The van der Waals surface area contributed by atoms with Crippen molar-refractivity contribution in [3.8, 4) is 0 Å². The molecule has 0 aliphatic heterocycles. The van der Waals surface area contributed by atoms with Crippen LogP contribution in [0.25, 0.3) is 27.9 Å². The Balaban J connectivity index is 1.58. The van der Waals surface area contributed by atoms with Gasteiger partial charge in [-0.2, -0.15) is 0 Å². The van der Waals surface area contributed by atoms with Crippen LogP contribution in [0.1, 0.15) is 11.4 Å². The van der Waals surface area contributed by atoms with Crippen molar-refractivity contribution in [2.24, 2.45) is 0 Å². The number of para-hydroxylation sites is 1. The third-order valence-corrected chi connectivity index (χ3v) is 3.96. The van der Waals surface area contributed by atoms with Crippen LogP contribution in [0.3, 0.4) is 0 Å². The molecule has 0 spiro atoms. The van der Waals surface area contributed by atoms with Crippen LogP contribution < -0.4 is 5.32 Å². The number of pyridine rings is 2. The Morgan fingerprint density at radius 3 is 2.84 bits per heavy atom. The lowest BCUT2D eigenvalue weighted by Gasteiger charge is -2.01. The maximum atomic E-state index is 12.1. The Hall–Kier alpha value is -3.47. The Bertz CT molecular complexity index is 1110. The summed E-state index contributed by atoms with van der Waals surface area (Å²) in [6, 6.07) is 15.6. The number of H-pyrrole nitrogens is 1. The minimum Gasteiger partial charge on any atom is -0.353 e. The molecule has 4 rings (SSSR count). The van der Waals surface area contributed by atoms with Crippen molar-refractivity contribution in [1.29, 1.82) is 0 Å². The first kappa shape index (κ1) is 15.1. The fraction of sp³-hybridized carbons (Fsp3) is 0.0500. The van der Waals surface area contributed by atoms with Crippen LogP contribution in [0.2, 0.25) is 0 Å². The molecule has 0 fully saturated rings. The molecule has 0 aliphatic rings.